The number of carbonyl (C=O) groups excluding carboxylic acids is 2. The minimum atomic E-state index is -0.149. The molecule has 0 atom stereocenters. The number of nitrogens with zero attached hydrogens (tertiary/aromatic N) is 3. The highest BCUT2D eigenvalue weighted by Crippen LogP contribution is 2.33. The molecule has 0 aromatic heterocycles. The number of likely N-dealkylation sites (N-methyl/N-ethyl adjacent to an activating group) is 1. The van der Waals surface area contributed by atoms with Gasteiger partial charge in [0.1, 0.15) is 5.70 Å². The molecule has 2 aliphatic heterocycles. The molecule has 0 N–H and O–H groups in total. The van der Waals surface area contributed by atoms with Crippen LogP contribution in [0.2, 0.25) is 0 Å². The van der Waals surface area contributed by atoms with Gasteiger partial charge in [-0.2, -0.15) is 0 Å². The molecule has 0 radical (unpaired) electrons. The van der Waals surface area contributed by atoms with Crippen LogP contribution in [-0.2, 0) is 9.59 Å². The first-order chi connectivity index (χ1) is 12.5. The molecule has 2 aliphatic rings. The molecule has 5 heteroatoms. The van der Waals surface area contributed by atoms with E-state index in [-0.39, 0.29) is 11.8 Å². The van der Waals surface area contributed by atoms with Gasteiger partial charge in [-0.05, 0) is 45.0 Å². The van der Waals surface area contributed by atoms with Crippen LogP contribution < -0.4 is 0 Å². The topological polar surface area (TPSA) is 43.9 Å². The first kappa shape index (κ1) is 18.6. The largest absolute Gasteiger partial charge is 0.366 e. The maximum absolute atomic E-state index is 13.1. The van der Waals surface area contributed by atoms with Gasteiger partial charge in [0.25, 0.3) is 11.8 Å². The highest BCUT2D eigenvalue weighted by Gasteiger charge is 2.41. The second-order valence-corrected chi connectivity index (χ2v) is 7.35. The fourth-order valence-corrected chi connectivity index (χ4v) is 3.84. The zero-order valence-corrected chi connectivity index (χ0v) is 16.1. The van der Waals surface area contributed by atoms with Crippen LogP contribution in [0.25, 0.3) is 5.57 Å². The smallest absolute Gasteiger partial charge is 0.277 e. The van der Waals surface area contributed by atoms with Gasteiger partial charge in [-0.3, -0.25) is 14.5 Å². The Kier molecular flexibility index (Phi) is 5.77. The number of likely N-dealkylation sites (tertiary alicyclic amines) is 1. The van der Waals surface area contributed by atoms with E-state index in [2.05, 4.69) is 23.8 Å². The van der Waals surface area contributed by atoms with E-state index in [1.807, 2.05) is 37.4 Å². The molecule has 1 aromatic rings. The quantitative estimate of drug-likeness (QED) is 0.736. The van der Waals surface area contributed by atoms with Crippen LogP contribution in [0.4, 0.5) is 0 Å². The number of rotatable bonds is 6. The van der Waals surface area contributed by atoms with Gasteiger partial charge in [0, 0.05) is 19.6 Å². The summed E-state index contributed by atoms with van der Waals surface area (Å²) >= 11 is 0. The Morgan fingerprint density at radius 3 is 2.35 bits per heavy atom. The Morgan fingerprint density at radius 2 is 1.73 bits per heavy atom. The van der Waals surface area contributed by atoms with Crippen molar-refractivity contribution in [2.24, 2.45) is 0 Å². The number of unbranched alkanes of at least 4 members (excludes halogenated alkanes) is 1. The summed E-state index contributed by atoms with van der Waals surface area (Å²) in [7, 11) is 4.10. The first-order valence-corrected chi connectivity index (χ1v) is 9.61. The van der Waals surface area contributed by atoms with Crippen LogP contribution in [0.1, 0.15) is 38.2 Å². The lowest BCUT2D eigenvalue weighted by atomic mass is 10.0. The molecule has 0 aliphatic carbocycles. The number of carbonyl (C=O) groups is 2. The Balaban J connectivity index is 1.96. The van der Waals surface area contributed by atoms with Crippen molar-refractivity contribution in [2.45, 2.75) is 38.6 Å². The van der Waals surface area contributed by atoms with Crippen molar-refractivity contribution < 1.29 is 9.59 Å². The van der Waals surface area contributed by atoms with Crippen molar-refractivity contribution in [3.8, 4) is 0 Å². The van der Waals surface area contributed by atoms with E-state index in [1.165, 1.54) is 4.90 Å². The fourth-order valence-electron chi connectivity index (χ4n) is 3.84. The van der Waals surface area contributed by atoms with E-state index in [9.17, 15) is 9.59 Å². The molecule has 1 fully saturated rings. The molecule has 0 saturated carbocycles. The van der Waals surface area contributed by atoms with Crippen LogP contribution in [0, 0.1) is 0 Å². The van der Waals surface area contributed by atoms with Gasteiger partial charge in [-0.25, -0.2) is 0 Å². The SMILES string of the molecule is CCCCN1C(=O)C(c2ccccc2)=C(N(C)C2CCN(C)CC2)C1=O. The van der Waals surface area contributed by atoms with Crippen molar-refractivity contribution in [2.75, 3.05) is 33.7 Å². The fraction of sp³-hybridized carbons (Fsp3) is 0.524. The standard InChI is InChI=1S/C21H29N3O2/c1-4-5-13-24-20(25)18(16-9-7-6-8-10-16)19(21(24)26)23(3)17-11-14-22(2)15-12-17/h6-10,17H,4-5,11-15H2,1-3H3. The highest BCUT2D eigenvalue weighted by molar-refractivity contribution is 6.35. The maximum atomic E-state index is 13.1. The van der Waals surface area contributed by atoms with E-state index < -0.39 is 0 Å². The summed E-state index contributed by atoms with van der Waals surface area (Å²) in [5.74, 6) is -0.284. The second-order valence-electron chi connectivity index (χ2n) is 7.35. The third kappa shape index (κ3) is 3.54. The Hall–Kier alpha value is -2.14. The van der Waals surface area contributed by atoms with E-state index in [0.717, 1.165) is 44.3 Å². The van der Waals surface area contributed by atoms with Gasteiger partial charge in [0.15, 0.2) is 0 Å². The summed E-state index contributed by atoms with van der Waals surface area (Å²) in [5.41, 5.74) is 1.97. The molecule has 0 spiro atoms. The first-order valence-electron chi connectivity index (χ1n) is 9.61. The van der Waals surface area contributed by atoms with Crippen molar-refractivity contribution in [1.29, 1.82) is 0 Å². The average molecular weight is 355 g/mol. The second kappa shape index (κ2) is 8.04. The molecule has 0 bridgehead atoms. The number of piperidine rings is 1. The Labute approximate surface area is 156 Å². The average Bonchev–Trinajstić information content (AvgIpc) is 2.91. The van der Waals surface area contributed by atoms with Crippen LogP contribution >= 0.6 is 0 Å². The molecule has 2 heterocycles. The lowest BCUT2D eigenvalue weighted by Gasteiger charge is -2.36. The van der Waals surface area contributed by atoms with Crippen LogP contribution in [0.5, 0.6) is 0 Å². The number of hydrogen-bond acceptors (Lipinski definition) is 4. The van der Waals surface area contributed by atoms with Gasteiger partial charge in [-0.1, -0.05) is 43.7 Å². The summed E-state index contributed by atoms with van der Waals surface area (Å²) < 4.78 is 0. The zero-order valence-electron chi connectivity index (χ0n) is 16.1. The molecule has 1 saturated heterocycles. The van der Waals surface area contributed by atoms with E-state index in [4.69, 9.17) is 0 Å². The number of imide groups is 1. The molecule has 26 heavy (non-hydrogen) atoms. The third-order valence-electron chi connectivity index (χ3n) is 5.53. The van der Waals surface area contributed by atoms with E-state index in [0.29, 0.717) is 23.9 Å². The Bertz CT molecular complexity index is 690. The number of hydrogen-bond donors (Lipinski definition) is 0. The predicted octanol–water partition coefficient (Wildman–Crippen LogP) is 2.59. The van der Waals surface area contributed by atoms with Gasteiger partial charge in [0.2, 0.25) is 0 Å². The van der Waals surface area contributed by atoms with Gasteiger partial charge >= 0.3 is 0 Å². The molecule has 1 aromatic carbocycles. The summed E-state index contributed by atoms with van der Waals surface area (Å²) in [5, 5.41) is 0. The highest BCUT2D eigenvalue weighted by atomic mass is 16.2. The van der Waals surface area contributed by atoms with Gasteiger partial charge in [0.05, 0.1) is 5.57 Å². The molecule has 3 rings (SSSR count). The van der Waals surface area contributed by atoms with E-state index >= 15 is 0 Å². The van der Waals surface area contributed by atoms with E-state index in [1.54, 1.807) is 0 Å². The monoisotopic (exact) mass is 355 g/mol. The van der Waals surface area contributed by atoms with Crippen molar-refractivity contribution >= 4 is 17.4 Å². The molecule has 0 unspecified atom stereocenters. The molecular weight excluding hydrogens is 326 g/mol. The van der Waals surface area contributed by atoms with Crippen LogP contribution in [-0.4, -0.2) is 66.3 Å². The van der Waals surface area contributed by atoms with Crippen molar-refractivity contribution in [1.82, 2.24) is 14.7 Å². The normalized spacial score (nSPS) is 19.6. The summed E-state index contributed by atoms with van der Waals surface area (Å²) in [6, 6.07) is 9.91. The lowest BCUT2D eigenvalue weighted by Crippen LogP contribution is -2.43. The number of benzene rings is 1. The lowest BCUT2D eigenvalue weighted by molar-refractivity contribution is -0.137. The van der Waals surface area contributed by atoms with Gasteiger partial charge < -0.3 is 9.80 Å². The molecule has 140 valence electrons. The summed E-state index contributed by atoms with van der Waals surface area (Å²) in [6.45, 7) is 4.60. The zero-order chi connectivity index (χ0) is 18.7. The minimum Gasteiger partial charge on any atom is -0.366 e. The molecular formula is C21H29N3O2. The Morgan fingerprint density at radius 1 is 1.08 bits per heavy atom. The minimum absolute atomic E-state index is 0.135. The predicted molar refractivity (Wildman–Crippen MR) is 103 cm³/mol. The van der Waals surface area contributed by atoms with Crippen LogP contribution in [0.3, 0.4) is 0 Å². The number of amides is 2. The van der Waals surface area contributed by atoms with Crippen LogP contribution in [0.15, 0.2) is 36.0 Å². The van der Waals surface area contributed by atoms with Crippen molar-refractivity contribution in [3.63, 3.8) is 0 Å². The van der Waals surface area contributed by atoms with Gasteiger partial charge in [-0.15, -0.1) is 0 Å². The van der Waals surface area contributed by atoms with Crippen molar-refractivity contribution in [3.05, 3.63) is 41.6 Å². The third-order valence-corrected chi connectivity index (χ3v) is 5.53. The summed E-state index contributed by atoms with van der Waals surface area (Å²) in [6.07, 6.45) is 3.81. The maximum Gasteiger partial charge on any atom is 0.277 e. The summed E-state index contributed by atoms with van der Waals surface area (Å²) in [4.78, 5) is 32.1. The molecule has 5 nitrogen and oxygen atoms in total. The molecule has 2 amide bonds.